The highest BCUT2D eigenvalue weighted by Crippen LogP contribution is 2.50. The van der Waals surface area contributed by atoms with E-state index in [9.17, 15) is 14.2 Å². The van der Waals surface area contributed by atoms with Gasteiger partial charge in [0.05, 0.1) is 6.16 Å². The zero-order valence-corrected chi connectivity index (χ0v) is 20.2. The fourth-order valence-corrected chi connectivity index (χ4v) is 6.38. The number of carbonyl (C=O) groups is 2. The monoisotopic (exact) mass is 450 g/mol. The van der Waals surface area contributed by atoms with E-state index in [2.05, 4.69) is 24.3 Å². The summed E-state index contributed by atoms with van der Waals surface area (Å²) in [7, 11) is -3.23. The molecule has 6 heteroatoms. The lowest BCUT2D eigenvalue weighted by atomic mass is 9.75. The molecule has 0 N–H and O–H groups in total. The van der Waals surface area contributed by atoms with Crippen LogP contribution in [0.5, 0.6) is 0 Å². The van der Waals surface area contributed by atoms with Crippen molar-refractivity contribution < 1.29 is 23.4 Å². The van der Waals surface area contributed by atoms with Gasteiger partial charge in [-0.1, -0.05) is 70.4 Å². The van der Waals surface area contributed by atoms with Gasteiger partial charge in [0.15, 0.2) is 0 Å². The molecule has 0 aromatic heterocycles. The summed E-state index contributed by atoms with van der Waals surface area (Å²) in [6.07, 6.45) is 8.17. The minimum Gasteiger partial charge on any atom is -0.435 e. The first kappa shape index (κ1) is 25.8. The molecule has 1 aliphatic rings. The van der Waals surface area contributed by atoms with Crippen molar-refractivity contribution in [2.45, 2.75) is 84.3 Å². The Morgan fingerprint density at radius 3 is 2.42 bits per heavy atom. The van der Waals surface area contributed by atoms with Gasteiger partial charge in [-0.3, -0.25) is 13.9 Å². The molecule has 0 bridgehead atoms. The van der Waals surface area contributed by atoms with Crippen molar-refractivity contribution in [3.05, 3.63) is 35.9 Å². The Morgan fingerprint density at radius 2 is 1.84 bits per heavy atom. The molecule has 2 rings (SSSR count). The van der Waals surface area contributed by atoms with Crippen LogP contribution in [0.4, 0.5) is 0 Å². The molecule has 0 amide bonds. The first-order valence-corrected chi connectivity index (χ1v) is 13.8. The van der Waals surface area contributed by atoms with Gasteiger partial charge in [-0.05, 0) is 43.1 Å². The Hall–Kier alpha value is -1.45. The van der Waals surface area contributed by atoms with E-state index >= 15 is 0 Å². The summed E-state index contributed by atoms with van der Waals surface area (Å²) >= 11 is 0. The number of hydrogen-bond acceptors (Lipinski definition) is 5. The Balaban J connectivity index is 2.06. The fraction of sp³-hybridized carbons (Fsp3) is 0.680. The Labute approximate surface area is 187 Å². The molecule has 3 atom stereocenters. The molecule has 1 fully saturated rings. The zero-order chi connectivity index (χ0) is 22.7. The number of rotatable bonds is 13. The standard InChI is InChI=1S/C25H39O5P/c1-4-24(27)29-25(20(2)3)30-31(28,19-17-26)18-11-16-23(21-12-7-5-8-13-21)22-14-9-6-10-15-22/h5,7-8,12-13,17,20,22-23,25H,4,6,9-11,14-16,18-19H2,1-3H3. The predicted molar refractivity (Wildman–Crippen MR) is 124 cm³/mol. The molecule has 174 valence electrons. The summed E-state index contributed by atoms with van der Waals surface area (Å²) in [5.74, 6) is 0.550. The van der Waals surface area contributed by atoms with Gasteiger partial charge < -0.3 is 9.53 Å². The number of benzene rings is 1. The lowest BCUT2D eigenvalue weighted by molar-refractivity contribution is -0.169. The second kappa shape index (κ2) is 13.2. The van der Waals surface area contributed by atoms with Crippen LogP contribution in [0.1, 0.15) is 83.6 Å². The van der Waals surface area contributed by atoms with E-state index in [1.807, 2.05) is 19.9 Å². The third-order valence-electron chi connectivity index (χ3n) is 6.19. The van der Waals surface area contributed by atoms with E-state index in [0.29, 0.717) is 30.7 Å². The average molecular weight is 451 g/mol. The number of esters is 1. The predicted octanol–water partition coefficient (Wildman–Crippen LogP) is 6.56. The minimum atomic E-state index is -3.23. The molecular formula is C25H39O5P. The van der Waals surface area contributed by atoms with Crippen LogP contribution < -0.4 is 0 Å². The zero-order valence-electron chi connectivity index (χ0n) is 19.3. The van der Waals surface area contributed by atoms with Gasteiger partial charge in [0.1, 0.15) is 6.29 Å². The quantitative estimate of drug-likeness (QED) is 0.147. The van der Waals surface area contributed by atoms with Crippen molar-refractivity contribution in [1.29, 1.82) is 0 Å². The van der Waals surface area contributed by atoms with E-state index < -0.39 is 19.6 Å². The largest absolute Gasteiger partial charge is 0.435 e. The van der Waals surface area contributed by atoms with Gasteiger partial charge in [-0.15, -0.1) is 0 Å². The molecule has 3 unspecified atom stereocenters. The topological polar surface area (TPSA) is 69.7 Å². The van der Waals surface area contributed by atoms with Crippen molar-refractivity contribution in [3.63, 3.8) is 0 Å². The van der Waals surface area contributed by atoms with Gasteiger partial charge in [0, 0.05) is 18.5 Å². The normalized spacial score (nSPS) is 18.8. The molecule has 5 nitrogen and oxygen atoms in total. The summed E-state index contributed by atoms with van der Waals surface area (Å²) in [4.78, 5) is 23.0. The van der Waals surface area contributed by atoms with E-state index in [1.54, 1.807) is 6.92 Å². The van der Waals surface area contributed by atoms with Crippen molar-refractivity contribution in [3.8, 4) is 0 Å². The van der Waals surface area contributed by atoms with Crippen LogP contribution in [-0.4, -0.2) is 30.9 Å². The van der Waals surface area contributed by atoms with Crippen LogP contribution in [-0.2, 0) is 23.4 Å². The Morgan fingerprint density at radius 1 is 1.16 bits per heavy atom. The summed E-state index contributed by atoms with van der Waals surface area (Å²) in [6.45, 7) is 5.42. The van der Waals surface area contributed by atoms with E-state index in [4.69, 9.17) is 9.26 Å². The maximum atomic E-state index is 13.4. The number of aldehydes is 1. The average Bonchev–Trinajstić information content (AvgIpc) is 2.77. The number of carbonyl (C=O) groups excluding carboxylic acids is 2. The van der Waals surface area contributed by atoms with Crippen LogP contribution in [0.25, 0.3) is 0 Å². The van der Waals surface area contributed by atoms with Crippen molar-refractivity contribution in [2.24, 2.45) is 11.8 Å². The van der Waals surface area contributed by atoms with Crippen LogP contribution in [0.3, 0.4) is 0 Å². The third-order valence-corrected chi connectivity index (χ3v) is 8.48. The van der Waals surface area contributed by atoms with Gasteiger partial charge in [-0.2, -0.15) is 0 Å². The number of ether oxygens (including phenoxy) is 1. The smallest absolute Gasteiger partial charge is 0.307 e. The van der Waals surface area contributed by atoms with Crippen molar-refractivity contribution >= 4 is 19.6 Å². The fourth-order valence-electron chi connectivity index (χ4n) is 4.45. The molecule has 31 heavy (non-hydrogen) atoms. The van der Waals surface area contributed by atoms with Crippen LogP contribution in [0.15, 0.2) is 30.3 Å². The minimum absolute atomic E-state index is 0.140. The highest BCUT2D eigenvalue weighted by Gasteiger charge is 2.32. The Bertz CT molecular complexity index is 712. The van der Waals surface area contributed by atoms with Crippen LogP contribution in [0, 0.1) is 11.8 Å². The molecular weight excluding hydrogens is 411 g/mol. The SMILES string of the molecule is CCC(=O)OC(OP(=O)(CC=O)CCCC(c1ccccc1)C1CCCCC1)C(C)C. The van der Waals surface area contributed by atoms with Crippen molar-refractivity contribution in [2.75, 3.05) is 12.3 Å². The third kappa shape index (κ3) is 8.54. The van der Waals surface area contributed by atoms with Gasteiger partial charge in [0.2, 0.25) is 13.7 Å². The number of hydrogen-bond donors (Lipinski definition) is 0. The molecule has 0 saturated heterocycles. The maximum Gasteiger partial charge on any atom is 0.307 e. The van der Waals surface area contributed by atoms with E-state index in [-0.39, 0.29) is 18.5 Å². The summed E-state index contributed by atoms with van der Waals surface area (Å²) in [5.41, 5.74) is 1.34. The first-order valence-electron chi connectivity index (χ1n) is 11.8. The summed E-state index contributed by atoms with van der Waals surface area (Å²) in [5, 5.41) is 0. The molecule has 1 aromatic carbocycles. The highest BCUT2D eigenvalue weighted by atomic mass is 31.2. The summed E-state index contributed by atoms with van der Waals surface area (Å²) < 4.78 is 24.6. The maximum absolute atomic E-state index is 13.4. The molecule has 1 aromatic rings. The molecule has 1 aliphatic carbocycles. The summed E-state index contributed by atoms with van der Waals surface area (Å²) in [6, 6.07) is 10.6. The lowest BCUT2D eigenvalue weighted by Crippen LogP contribution is -2.26. The van der Waals surface area contributed by atoms with E-state index in [0.717, 1.165) is 6.42 Å². The molecule has 0 spiro atoms. The molecule has 0 heterocycles. The first-order chi connectivity index (χ1) is 14.9. The van der Waals surface area contributed by atoms with Gasteiger partial charge >= 0.3 is 5.97 Å². The molecule has 0 radical (unpaired) electrons. The van der Waals surface area contributed by atoms with Crippen LogP contribution in [0.2, 0.25) is 0 Å². The van der Waals surface area contributed by atoms with Crippen molar-refractivity contribution in [1.82, 2.24) is 0 Å². The van der Waals surface area contributed by atoms with Crippen LogP contribution >= 0.6 is 7.37 Å². The lowest BCUT2D eigenvalue weighted by Gasteiger charge is -2.31. The van der Waals surface area contributed by atoms with E-state index in [1.165, 1.54) is 37.7 Å². The molecule has 1 saturated carbocycles. The Kier molecular flexibility index (Phi) is 11.0. The van der Waals surface area contributed by atoms with Gasteiger partial charge in [0.25, 0.3) is 0 Å². The van der Waals surface area contributed by atoms with Gasteiger partial charge in [-0.25, -0.2) is 0 Å². The molecule has 0 aliphatic heterocycles. The second-order valence-electron chi connectivity index (χ2n) is 9.01. The second-order valence-corrected chi connectivity index (χ2v) is 11.7. The highest BCUT2D eigenvalue weighted by molar-refractivity contribution is 7.59.